The van der Waals surface area contributed by atoms with E-state index in [1.165, 1.54) is 45.0 Å². The van der Waals surface area contributed by atoms with Crippen molar-refractivity contribution in [3.05, 3.63) is 47.8 Å². The maximum Gasteiger partial charge on any atom is 0.422 e. The molecule has 0 aliphatic rings. The lowest BCUT2D eigenvalue weighted by Crippen LogP contribution is -2.41. The van der Waals surface area contributed by atoms with Gasteiger partial charge in [-0.2, -0.15) is 13.2 Å². The molecule has 40 heavy (non-hydrogen) atoms. The van der Waals surface area contributed by atoms with Crippen LogP contribution in [0.15, 0.2) is 41.7 Å². The number of nitrogens with zero attached hydrogens (tertiary/aromatic N) is 4. The summed E-state index contributed by atoms with van der Waals surface area (Å²) in [4.78, 5) is 46.0. The number of halogens is 3. The lowest BCUT2D eigenvalue weighted by atomic mass is 10.2. The Morgan fingerprint density at radius 1 is 1.12 bits per heavy atom. The van der Waals surface area contributed by atoms with Crippen LogP contribution in [-0.4, -0.2) is 80.7 Å². The van der Waals surface area contributed by atoms with Gasteiger partial charge in [-0.25, -0.2) is 14.3 Å². The standard InChI is InChI=1S/C25H27F3N4O7S/c1-15-20(29-10-9-22(15)38-14-25(26,27)28)13-40(36)23-30-19-7-5-6-8-21(19)32(23)24(35)31(4)11-18(39-17(3)34)12-37-16(2)33/h5-10,18H,11-14H2,1-4H3/t18?,40-/m0/s1. The lowest BCUT2D eigenvalue weighted by Gasteiger charge is -2.24. The normalized spacial score (nSPS) is 13.0. The van der Waals surface area contributed by atoms with Crippen LogP contribution in [-0.2, 0) is 35.6 Å². The number of aromatic nitrogens is 3. The molecule has 0 saturated carbocycles. The van der Waals surface area contributed by atoms with Gasteiger partial charge >= 0.3 is 24.1 Å². The molecule has 2 heterocycles. The zero-order chi connectivity index (χ0) is 29.6. The average molecular weight is 585 g/mol. The van der Waals surface area contributed by atoms with Crippen molar-refractivity contribution in [1.82, 2.24) is 19.4 Å². The van der Waals surface area contributed by atoms with Gasteiger partial charge in [0.1, 0.15) is 12.4 Å². The summed E-state index contributed by atoms with van der Waals surface area (Å²) in [6.07, 6.45) is -4.26. The first-order valence-electron chi connectivity index (χ1n) is 11.8. The fraction of sp³-hybridized carbons (Fsp3) is 0.400. The Balaban J connectivity index is 1.90. The molecule has 0 fully saturated rings. The topological polar surface area (TPSA) is 130 Å². The Hall–Kier alpha value is -4.01. The van der Waals surface area contributed by atoms with Crippen molar-refractivity contribution >= 4 is 39.8 Å². The smallest absolute Gasteiger partial charge is 0.422 e. The van der Waals surface area contributed by atoms with Crippen LogP contribution in [0.3, 0.4) is 0 Å². The SMILES string of the molecule is CC(=O)OCC(CN(C)C(=O)n1c([S@@](=O)Cc2nccc(OCC(F)(F)F)c2C)nc2ccccc21)OC(C)=O. The Labute approximate surface area is 229 Å². The first-order valence-corrected chi connectivity index (χ1v) is 13.1. The lowest BCUT2D eigenvalue weighted by molar-refractivity contribution is -0.156. The number of fused-ring (bicyclic) bond motifs is 1. The molecule has 2 aromatic heterocycles. The van der Waals surface area contributed by atoms with Crippen LogP contribution in [0.5, 0.6) is 5.75 Å². The number of para-hydroxylation sites is 2. The Bertz CT molecular complexity index is 1430. The number of pyridine rings is 1. The minimum absolute atomic E-state index is 0.0621. The summed E-state index contributed by atoms with van der Waals surface area (Å²) in [7, 11) is -0.559. The van der Waals surface area contributed by atoms with Gasteiger partial charge in [0, 0.05) is 32.7 Å². The second-order valence-electron chi connectivity index (χ2n) is 8.69. The van der Waals surface area contributed by atoms with Gasteiger partial charge in [0.2, 0.25) is 5.16 Å². The molecule has 1 unspecified atom stereocenters. The molecule has 3 rings (SSSR count). The minimum atomic E-state index is -4.54. The van der Waals surface area contributed by atoms with E-state index >= 15 is 0 Å². The molecule has 0 saturated heterocycles. The molecule has 0 aliphatic carbocycles. The molecule has 216 valence electrons. The number of amides is 1. The Kier molecular flexibility index (Phi) is 9.84. The van der Waals surface area contributed by atoms with E-state index in [1.54, 1.807) is 24.3 Å². The maximum atomic E-state index is 13.6. The van der Waals surface area contributed by atoms with E-state index in [0.717, 1.165) is 4.57 Å². The van der Waals surface area contributed by atoms with E-state index in [2.05, 4.69) is 9.97 Å². The third-order valence-corrected chi connectivity index (χ3v) is 6.67. The minimum Gasteiger partial charge on any atom is -0.484 e. The van der Waals surface area contributed by atoms with Crippen LogP contribution in [0.2, 0.25) is 0 Å². The molecule has 11 nitrogen and oxygen atoms in total. The number of likely N-dealkylation sites (N-methyl/N-ethyl adjacent to an activating group) is 1. The highest BCUT2D eigenvalue weighted by Gasteiger charge is 2.30. The van der Waals surface area contributed by atoms with Crippen molar-refractivity contribution in [3.63, 3.8) is 0 Å². The van der Waals surface area contributed by atoms with Crippen LogP contribution < -0.4 is 4.74 Å². The Morgan fingerprint density at radius 3 is 2.48 bits per heavy atom. The third-order valence-electron chi connectivity index (χ3n) is 5.45. The highest BCUT2D eigenvalue weighted by atomic mass is 32.2. The van der Waals surface area contributed by atoms with Crippen molar-refractivity contribution in [2.45, 2.75) is 44.0 Å². The van der Waals surface area contributed by atoms with Gasteiger partial charge in [-0.15, -0.1) is 0 Å². The molecule has 3 aromatic rings. The first-order chi connectivity index (χ1) is 18.8. The van der Waals surface area contributed by atoms with E-state index in [0.29, 0.717) is 11.0 Å². The van der Waals surface area contributed by atoms with Crippen molar-refractivity contribution in [2.24, 2.45) is 0 Å². The molecule has 0 N–H and O–H groups in total. The van der Waals surface area contributed by atoms with Gasteiger partial charge in [-0.3, -0.25) is 18.8 Å². The number of benzene rings is 1. The third kappa shape index (κ3) is 8.00. The van der Waals surface area contributed by atoms with E-state index in [-0.39, 0.29) is 41.1 Å². The van der Waals surface area contributed by atoms with Gasteiger partial charge < -0.3 is 19.1 Å². The summed E-state index contributed by atoms with van der Waals surface area (Å²) in [5.41, 5.74) is 1.18. The van der Waals surface area contributed by atoms with Crippen molar-refractivity contribution in [2.75, 3.05) is 26.8 Å². The first kappa shape index (κ1) is 30.5. The van der Waals surface area contributed by atoms with Gasteiger partial charge in [-0.1, -0.05) is 12.1 Å². The van der Waals surface area contributed by atoms with Crippen LogP contribution in [0.25, 0.3) is 11.0 Å². The molecule has 0 bridgehead atoms. The molecule has 15 heteroatoms. The highest BCUT2D eigenvalue weighted by Crippen LogP contribution is 2.26. The predicted octanol–water partition coefficient (Wildman–Crippen LogP) is 3.38. The number of carbonyl (C=O) groups excluding carboxylic acids is 3. The number of hydrogen-bond acceptors (Lipinski definition) is 9. The van der Waals surface area contributed by atoms with Crippen molar-refractivity contribution in [3.8, 4) is 5.75 Å². The largest absolute Gasteiger partial charge is 0.484 e. The zero-order valence-corrected chi connectivity index (χ0v) is 22.9. The molecule has 0 radical (unpaired) electrons. The summed E-state index contributed by atoms with van der Waals surface area (Å²) < 4.78 is 67.5. The Morgan fingerprint density at radius 2 is 1.82 bits per heavy atom. The predicted molar refractivity (Wildman–Crippen MR) is 136 cm³/mol. The van der Waals surface area contributed by atoms with Gasteiger partial charge in [-0.05, 0) is 25.1 Å². The fourth-order valence-electron chi connectivity index (χ4n) is 3.67. The van der Waals surface area contributed by atoms with Gasteiger partial charge in [0.05, 0.1) is 39.8 Å². The second kappa shape index (κ2) is 12.9. The molecular weight excluding hydrogens is 557 g/mol. The maximum absolute atomic E-state index is 13.6. The van der Waals surface area contributed by atoms with E-state index in [4.69, 9.17) is 14.2 Å². The fourth-order valence-corrected chi connectivity index (χ4v) is 4.92. The number of esters is 2. The van der Waals surface area contributed by atoms with Gasteiger partial charge in [0.15, 0.2) is 12.7 Å². The van der Waals surface area contributed by atoms with E-state index in [1.807, 2.05) is 0 Å². The zero-order valence-electron chi connectivity index (χ0n) is 22.1. The number of rotatable bonds is 10. The number of ether oxygens (including phenoxy) is 3. The average Bonchev–Trinajstić information content (AvgIpc) is 3.26. The monoisotopic (exact) mass is 584 g/mol. The number of hydrogen-bond donors (Lipinski definition) is 0. The van der Waals surface area contributed by atoms with E-state index in [9.17, 15) is 31.8 Å². The van der Waals surface area contributed by atoms with Crippen LogP contribution >= 0.6 is 0 Å². The quantitative estimate of drug-likeness (QED) is 0.329. The summed E-state index contributed by atoms with van der Waals surface area (Å²) >= 11 is 0. The molecule has 1 aromatic carbocycles. The van der Waals surface area contributed by atoms with Crippen molar-refractivity contribution in [1.29, 1.82) is 0 Å². The molecule has 2 atom stereocenters. The summed E-state index contributed by atoms with van der Waals surface area (Å²) in [5.74, 6) is -1.57. The molecule has 0 aliphatic heterocycles. The molecular formula is C25H27F3N4O7S. The summed E-state index contributed by atoms with van der Waals surface area (Å²) in [6.45, 7) is 1.91. The van der Waals surface area contributed by atoms with E-state index < -0.39 is 47.7 Å². The summed E-state index contributed by atoms with van der Waals surface area (Å²) in [6, 6.07) is 7.18. The number of carbonyl (C=O) groups is 3. The van der Waals surface area contributed by atoms with Crippen molar-refractivity contribution < 1.29 is 46.0 Å². The summed E-state index contributed by atoms with van der Waals surface area (Å²) in [5, 5.41) is -0.120. The van der Waals surface area contributed by atoms with Crippen LogP contribution in [0, 0.1) is 6.92 Å². The number of imidazole rings is 1. The van der Waals surface area contributed by atoms with Gasteiger partial charge in [0.25, 0.3) is 0 Å². The van der Waals surface area contributed by atoms with Crippen LogP contribution in [0.4, 0.5) is 18.0 Å². The molecule has 1 amide bonds. The van der Waals surface area contributed by atoms with Crippen LogP contribution in [0.1, 0.15) is 25.1 Å². The number of alkyl halides is 3. The second-order valence-corrected chi connectivity index (χ2v) is 10.0. The highest BCUT2D eigenvalue weighted by molar-refractivity contribution is 7.84. The molecule has 0 spiro atoms.